The minimum absolute atomic E-state index is 0.0208. The molecule has 1 saturated carbocycles. The summed E-state index contributed by atoms with van der Waals surface area (Å²) in [5.41, 5.74) is 15.6. The van der Waals surface area contributed by atoms with Gasteiger partial charge in [0, 0.05) is 38.3 Å². The summed E-state index contributed by atoms with van der Waals surface area (Å²) < 4.78 is 0. The number of aromatic nitrogens is 2. The van der Waals surface area contributed by atoms with Crippen molar-refractivity contribution in [3.8, 4) is 0 Å². The lowest BCUT2D eigenvalue weighted by Gasteiger charge is -2.37. The largest absolute Gasteiger partial charge is 0.362 e. The van der Waals surface area contributed by atoms with Crippen molar-refractivity contribution in [1.82, 2.24) is 9.97 Å². The second kappa shape index (κ2) is 10.1. The number of hydrogen-bond donors (Lipinski definition) is 3. The monoisotopic (exact) mass is 471 g/mol. The third-order valence-electron chi connectivity index (χ3n) is 6.75. The maximum atomic E-state index is 12.4. The lowest BCUT2D eigenvalue weighted by Crippen LogP contribution is -2.47. The Balaban J connectivity index is 1.48. The summed E-state index contributed by atoms with van der Waals surface area (Å²) in [6, 6.07) is 5.23. The Kier molecular flexibility index (Phi) is 7.24. The summed E-state index contributed by atoms with van der Waals surface area (Å²) >= 11 is 6.46. The highest BCUT2D eigenvalue weighted by molar-refractivity contribution is 6.34. The molecule has 1 aromatic heterocycles. The van der Waals surface area contributed by atoms with Gasteiger partial charge in [0.05, 0.1) is 16.4 Å². The lowest BCUT2D eigenvalue weighted by molar-refractivity contribution is 0.248. The molecule has 178 valence electrons. The molecule has 0 saturated heterocycles. The normalized spacial score (nSPS) is 20.1. The van der Waals surface area contributed by atoms with Crippen molar-refractivity contribution in [2.45, 2.75) is 70.0 Å². The van der Waals surface area contributed by atoms with Gasteiger partial charge >= 0.3 is 6.03 Å². The third-order valence-corrected chi connectivity index (χ3v) is 7.05. The number of fused-ring (bicyclic) bond motifs is 1. The van der Waals surface area contributed by atoms with E-state index in [-0.39, 0.29) is 12.1 Å². The SMILES string of the molecule is CN(C)c1nc(N[C@H]2CC[C@@H](N(C(N)=O)c3c(Cl)cccc3CN)CC2)nc2c1CCCC2. The molecule has 0 aliphatic heterocycles. The number of nitrogens with zero attached hydrogens (tertiary/aromatic N) is 4. The first kappa shape index (κ1) is 23.6. The molecule has 1 heterocycles. The maximum Gasteiger partial charge on any atom is 0.319 e. The number of para-hydroxylation sites is 1. The molecule has 33 heavy (non-hydrogen) atoms. The summed E-state index contributed by atoms with van der Waals surface area (Å²) in [6.07, 6.45) is 7.81. The van der Waals surface area contributed by atoms with Gasteiger partial charge in [-0.05, 0) is 63.0 Å². The Morgan fingerprint density at radius 3 is 2.55 bits per heavy atom. The van der Waals surface area contributed by atoms with Gasteiger partial charge in [0.15, 0.2) is 0 Å². The van der Waals surface area contributed by atoms with Crippen LogP contribution in [-0.4, -0.2) is 42.2 Å². The Labute approximate surface area is 200 Å². The highest BCUT2D eigenvalue weighted by Gasteiger charge is 2.32. The van der Waals surface area contributed by atoms with Crippen LogP contribution in [0.15, 0.2) is 18.2 Å². The molecule has 9 heteroatoms. The van der Waals surface area contributed by atoms with Crippen molar-refractivity contribution in [2.24, 2.45) is 11.5 Å². The number of nitrogens with two attached hydrogens (primary N) is 2. The smallest absolute Gasteiger partial charge is 0.319 e. The van der Waals surface area contributed by atoms with E-state index in [4.69, 9.17) is 33.0 Å². The zero-order valence-electron chi connectivity index (χ0n) is 19.5. The molecule has 1 aromatic carbocycles. The molecule has 2 aromatic rings. The third kappa shape index (κ3) is 5.01. The molecule has 2 aliphatic carbocycles. The molecular formula is C24H34ClN7O. The first-order valence-electron chi connectivity index (χ1n) is 11.8. The Bertz CT molecular complexity index is 1000. The number of anilines is 3. The Morgan fingerprint density at radius 1 is 1.15 bits per heavy atom. The number of hydrogen-bond acceptors (Lipinski definition) is 6. The fourth-order valence-electron chi connectivity index (χ4n) is 5.14. The van der Waals surface area contributed by atoms with E-state index >= 15 is 0 Å². The number of halogens is 1. The van der Waals surface area contributed by atoms with Crippen molar-refractivity contribution in [1.29, 1.82) is 0 Å². The number of nitrogens with one attached hydrogen (secondary N) is 1. The van der Waals surface area contributed by atoms with E-state index < -0.39 is 6.03 Å². The summed E-state index contributed by atoms with van der Waals surface area (Å²) in [5, 5.41) is 4.06. The quantitative estimate of drug-likeness (QED) is 0.589. The second-order valence-corrected chi connectivity index (χ2v) is 9.61. The highest BCUT2D eigenvalue weighted by atomic mass is 35.5. The lowest BCUT2D eigenvalue weighted by atomic mass is 9.89. The highest BCUT2D eigenvalue weighted by Crippen LogP contribution is 2.36. The van der Waals surface area contributed by atoms with Gasteiger partial charge in [-0.25, -0.2) is 9.78 Å². The van der Waals surface area contributed by atoms with Crippen molar-refractivity contribution in [3.63, 3.8) is 0 Å². The van der Waals surface area contributed by atoms with Gasteiger partial charge in [0.25, 0.3) is 0 Å². The first-order chi connectivity index (χ1) is 15.9. The Morgan fingerprint density at radius 2 is 1.88 bits per heavy atom. The molecule has 0 unspecified atom stereocenters. The van der Waals surface area contributed by atoms with E-state index in [2.05, 4.69) is 10.2 Å². The van der Waals surface area contributed by atoms with Crippen LogP contribution in [0.3, 0.4) is 0 Å². The van der Waals surface area contributed by atoms with Gasteiger partial charge in [-0.3, -0.25) is 4.90 Å². The topological polar surface area (TPSA) is 113 Å². The van der Waals surface area contributed by atoms with Crippen LogP contribution in [0.2, 0.25) is 5.02 Å². The van der Waals surface area contributed by atoms with Crippen LogP contribution in [0, 0.1) is 0 Å². The van der Waals surface area contributed by atoms with Gasteiger partial charge in [-0.2, -0.15) is 4.98 Å². The molecule has 2 amide bonds. The summed E-state index contributed by atoms with van der Waals surface area (Å²) in [6.45, 7) is 0.292. The van der Waals surface area contributed by atoms with Crippen LogP contribution in [0.5, 0.6) is 0 Å². The van der Waals surface area contributed by atoms with Gasteiger partial charge in [-0.15, -0.1) is 0 Å². The number of aryl methyl sites for hydroxylation is 1. The number of benzene rings is 1. The number of carbonyl (C=O) groups excluding carboxylic acids is 1. The van der Waals surface area contributed by atoms with Crippen molar-refractivity contribution >= 4 is 35.1 Å². The predicted octanol–water partition coefficient (Wildman–Crippen LogP) is 3.84. The average molecular weight is 472 g/mol. The molecule has 5 N–H and O–H groups in total. The van der Waals surface area contributed by atoms with E-state index in [1.165, 1.54) is 24.1 Å². The van der Waals surface area contributed by atoms with Crippen molar-refractivity contribution in [3.05, 3.63) is 40.0 Å². The number of urea groups is 1. The number of carbonyl (C=O) groups is 1. The van der Waals surface area contributed by atoms with E-state index in [9.17, 15) is 4.79 Å². The predicted molar refractivity (Wildman–Crippen MR) is 134 cm³/mol. The zero-order valence-corrected chi connectivity index (χ0v) is 20.2. The average Bonchev–Trinajstić information content (AvgIpc) is 2.80. The van der Waals surface area contributed by atoms with Crippen LogP contribution >= 0.6 is 11.6 Å². The van der Waals surface area contributed by atoms with Crippen molar-refractivity contribution < 1.29 is 4.79 Å². The van der Waals surface area contributed by atoms with Crippen LogP contribution in [0.1, 0.15) is 55.3 Å². The van der Waals surface area contributed by atoms with Gasteiger partial charge in [0.1, 0.15) is 5.82 Å². The van der Waals surface area contributed by atoms with Gasteiger partial charge < -0.3 is 21.7 Å². The van der Waals surface area contributed by atoms with E-state index in [1.54, 1.807) is 11.0 Å². The van der Waals surface area contributed by atoms with Crippen LogP contribution in [0.4, 0.5) is 22.2 Å². The molecule has 0 radical (unpaired) electrons. The minimum atomic E-state index is -0.497. The fraction of sp³-hybridized carbons (Fsp3) is 0.542. The van der Waals surface area contributed by atoms with Crippen molar-refractivity contribution in [2.75, 3.05) is 29.2 Å². The summed E-state index contributed by atoms with van der Waals surface area (Å²) in [4.78, 5) is 25.8. The standard InChI is InChI=1S/C24H34ClN7O/c1-31(2)22-18-7-3-4-9-20(18)29-24(30-22)28-16-10-12-17(13-11-16)32(23(27)33)21-15(14-26)6-5-8-19(21)25/h5-6,8,16-17H,3-4,7,9-14,26H2,1-2H3,(H2,27,33)(H,28,29,30)/t16-,17+. The molecule has 8 nitrogen and oxygen atoms in total. The fourth-order valence-corrected chi connectivity index (χ4v) is 5.42. The maximum absolute atomic E-state index is 12.4. The number of amides is 2. The van der Waals surface area contributed by atoms with Crippen LogP contribution in [0.25, 0.3) is 0 Å². The van der Waals surface area contributed by atoms with Gasteiger partial charge in [0.2, 0.25) is 5.95 Å². The number of rotatable bonds is 6. The minimum Gasteiger partial charge on any atom is -0.362 e. The zero-order chi connectivity index (χ0) is 23.5. The molecule has 4 rings (SSSR count). The summed E-state index contributed by atoms with van der Waals surface area (Å²) in [7, 11) is 4.07. The number of primary amides is 1. The second-order valence-electron chi connectivity index (χ2n) is 9.21. The molecular weight excluding hydrogens is 438 g/mol. The van der Waals surface area contributed by atoms with E-state index in [0.717, 1.165) is 49.9 Å². The van der Waals surface area contributed by atoms with Gasteiger partial charge in [-0.1, -0.05) is 23.7 Å². The molecule has 0 bridgehead atoms. The molecule has 2 aliphatic rings. The molecule has 1 fully saturated rings. The van der Waals surface area contributed by atoms with Crippen LogP contribution < -0.4 is 26.6 Å². The first-order valence-corrected chi connectivity index (χ1v) is 12.2. The van der Waals surface area contributed by atoms with E-state index in [0.29, 0.717) is 23.2 Å². The summed E-state index contributed by atoms with van der Waals surface area (Å²) in [5.74, 6) is 1.72. The van der Waals surface area contributed by atoms with E-state index in [1.807, 2.05) is 26.2 Å². The molecule has 0 atom stereocenters. The Hall–Kier alpha value is -2.58. The molecule has 0 spiro atoms. The van der Waals surface area contributed by atoms with Crippen LogP contribution in [-0.2, 0) is 19.4 Å².